The van der Waals surface area contributed by atoms with E-state index < -0.39 is 23.5 Å². The van der Waals surface area contributed by atoms with Gasteiger partial charge in [-0.1, -0.05) is 41.5 Å². The van der Waals surface area contributed by atoms with Crippen molar-refractivity contribution in [2.75, 3.05) is 0 Å². The van der Waals surface area contributed by atoms with Crippen molar-refractivity contribution in [3.63, 3.8) is 0 Å². The topological polar surface area (TPSA) is 46.5 Å². The highest BCUT2D eigenvalue weighted by atomic mass is 19.4. The fraction of sp³-hybridized carbons (Fsp3) is 0.100. The minimum atomic E-state index is -4.71. The Bertz CT molecular complexity index is 2590. The number of alkyl halides is 6. The molecule has 10 heteroatoms. The van der Waals surface area contributed by atoms with E-state index in [0.717, 1.165) is 57.2 Å². The maximum absolute atomic E-state index is 13.8. The number of hydrogen-bond acceptors (Lipinski definition) is 2. The van der Waals surface area contributed by atoms with Gasteiger partial charge in [-0.15, -0.1) is 0 Å². The molecule has 4 nitrogen and oxygen atoms in total. The Morgan fingerprint density at radius 1 is 0.560 bits per heavy atom. The van der Waals surface area contributed by atoms with Gasteiger partial charge < -0.3 is 4.57 Å². The zero-order valence-corrected chi connectivity index (χ0v) is 26.4. The first-order chi connectivity index (χ1) is 23.8. The van der Waals surface area contributed by atoms with Crippen LogP contribution in [0.25, 0.3) is 66.2 Å². The number of aromatic nitrogens is 3. The summed E-state index contributed by atoms with van der Waals surface area (Å²) in [4.78, 5) is 4.82. The molecule has 8 aromatic rings. The van der Waals surface area contributed by atoms with Crippen LogP contribution in [0.1, 0.15) is 27.8 Å². The van der Waals surface area contributed by atoms with Crippen molar-refractivity contribution in [2.24, 2.45) is 0 Å². The number of halogens is 6. The van der Waals surface area contributed by atoms with Crippen LogP contribution >= 0.6 is 0 Å². The first-order valence-electron chi connectivity index (χ1n) is 15.6. The van der Waals surface area contributed by atoms with Gasteiger partial charge in [-0.3, -0.25) is 4.57 Å². The molecule has 246 valence electrons. The van der Waals surface area contributed by atoms with Crippen LogP contribution in [-0.4, -0.2) is 14.1 Å². The zero-order chi connectivity index (χ0) is 35.1. The van der Waals surface area contributed by atoms with E-state index in [-0.39, 0.29) is 27.6 Å². The molecule has 50 heavy (non-hydrogen) atoms. The predicted molar refractivity (Wildman–Crippen MR) is 183 cm³/mol. The Hall–Kier alpha value is -6.08. The van der Waals surface area contributed by atoms with Crippen LogP contribution in [0, 0.1) is 25.2 Å². The van der Waals surface area contributed by atoms with Gasteiger partial charge in [0.2, 0.25) is 0 Å². The van der Waals surface area contributed by atoms with E-state index >= 15 is 0 Å². The fourth-order valence-corrected chi connectivity index (χ4v) is 6.90. The third-order valence-corrected chi connectivity index (χ3v) is 9.17. The number of rotatable bonds is 3. The third-order valence-electron chi connectivity index (χ3n) is 9.17. The Labute approximate surface area is 281 Å². The van der Waals surface area contributed by atoms with Gasteiger partial charge in [0.1, 0.15) is 5.82 Å². The van der Waals surface area contributed by atoms with Gasteiger partial charge in [-0.25, -0.2) is 4.98 Å². The standard InChI is InChI=1S/C40H24F6N4/c1-22-7-11-33-28(15-22)29-16-23(2)8-12-34(29)49(33)37-21-48-38(19-32(37)27-6-4-3-5-24(27)20-47)50-35-13-9-25(39(41,42)43)17-30(35)31-18-26(40(44,45)46)10-14-36(31)50/h3-19,21H,1-2H3. The first-order valence-corrected chi connectivity index (χ1v) is 15.6. The largest absolute Gasteiger partial charge is 0.416 e. The summed E-state index contributed by atoms with van der Waals surface area (Å²) in [7, 11) is 0. The molecular weight excluding hydrogens is 650 g/mol. The molecule has 0 radical (unpaired) electrons. The molecule has 0 saturated carbocycles. The Morgan fingerprint density at radius 3 is 1.56 bits per heavy atom. The Morgan fingerprint density at radius 2 is 1.04 bits per heavy atom. The molecule has 0 aliphatic heterocycles. The quantitative estimate of drug-likeness (QED) is 0.175. The monoisotopic (exact) mass is 674 g/mol. The summed E-state index contributed by atoms with van der Waals surface area (Å²) in [6, 6.07) is 29.4. The van der Waals surface area contributed by atoms with Gasteiger partial charge in [0, 0.05) is 32.7 Å². The second kappa shape index (κ2) is 11.0. The minimum absolute atomic E-state index is 0.00101. The highest BCUT2D eigenvalue weighted by molar-refractivity contribution is 6.11. The summed E-state index contributed by atoms with van der Waals surface area (Å²) in [5.41, 5.74) is 4.69. The van der Waals surface area contributed by atoms with Crippen LogP contribution in [0.2, 0.25) is 0 Å². The summed E-state index contributed by atoms with van der Waals surface area (Å²) in [5, 5.41) is 12.2. The second-order valence-corrected chi connectivity index (χ2v) is 12.4. The molecule has 3 heterocycles. The van der Waals surface area contributed by atoms with Crippen LogP contribution < -0.4 is 0 Å². The fourth-order valence-electron chi connectivity index (χ4n) is 6.90. The Balaban J connectivity index is 1.48. The summed E-state index contributed by atoms with van der Waals surface area (Å²) >= 11 is 0. The second-order valence-electron chi connectivity index (χ2n) is 12.4. The van der Waals surface area contributed by atoms with E-state index in [2.05, 4.69) is 22.8 Å². The van der Waals surface area contributed by atoms with E-state index in [0.29, 0.717) is 22.4 Å². The Kier molecular flexibility index (Phi) is 6.85. The molecule has 0 unspecified atom stereocenters. The summed E-state index contributed by atoms with van der Waals surface area (Å²) < 4.78 is 86.7. The maximum atomic E-state index is 13.8. The normalized spacial score (nSPS) is 12.4. The molecule has 0 fully saturated rings. The van der Waals surface area contributed by atoms with Gasteiger partial charge in [0.05, 0.1) is 56.7 Å². The molecule has 0 N–H and O–H groups in total. The molecular formula is C40H24F6N4. The maximum Gasteiger partial charge on any atom is 0.416 e. The van der Waals surface area contributed by atoms with Crippen LogP contribution in [0.4, 0.5) is 26.3 Å². The minimum Gasteiger partial charge on any atom is -0.307 e. The van der Waals surface area contributed by atoms with Gasteiger partial charge >= 0.3 is 12.4 Å². The highest BCUT2D eigenvalue weighted by Gasteiger charge is 2.33. The van der Waals surface area contributed by atoms with Gasteiger partial charge in [0.15, 0.2) is 0 Å². The van der Waals surface area contributed by atoms with Gasteiger partial charge in [-0.2, -0.15) is 31.6 Å². The third kappa shape index (κ3) is 4.88. The molecule has 0 spiro atoms. The van der Waals surface area contributed by atoms with Gasteiger partial charge in [0.25, 0.3) is 0 Å². The summed E-state index contributed by atoms with van der Waals surface area (Å²) in [6.07, 6.45) is -7.78. The van der Waals surface area contributed by atoms with E-state index in [1.807, 2.05) is 38.1 Å². The summed E-state index contributed by atoms with van der Waals surface area (Å²) in [5.74, 6) is 0.253. The number of nitrogens with zero attached hydrogens (tertiary/aromatic N) is 4. The lowest BCUT2D eigenvalue weighted by Crippen LogP contribution is -2.05. The SMILES string of the molecule is Cc1ccc2c(c1)c1cc(C)ccc1n2-c1cnc(-n2c3ccc(C(F)(F)F)cc3c3cc(C(F)(F)F)ccc32)cc1-c1ccccc1C#N. The van der Waals surface area contributed by atoms with Crippen molar-refractivity contribution in [3.05, 3.63) is 137 Å². The number of aryl methyl sites for hydroxylation is 2. The average Bonchev–Trinajstić information content (AvgIpc) is 3.58. The average molecular weight is 675 g/mol. The van der Waals surface area contributed by atoms with Crippen molar-refractivity contribution in [1.82, 2.24) is 14.1 Å². The van der Waals surface area contributed by atoms with E-state index in [1.54, 1.807) is 41.1 Å². The van der Waals surface area contributed by atoms with E-state index in [1.165, 1.54) is 12.1 Å². The molecule has 8 rings (SSSR count). The first kappa shape index (κ1) is 31.2. The highest BCUT2D eigenvalue weighted by Crippen LogP contribution is 2.42. The number of nitriles is 1. The number of benzene rings is 5. The molecule has 0 aliphatic carbocycles. The summed E-state index contributed by atoms with van der Waals surface area (Å²) in [6.45, 7) is 4.04. The predicted octanol–water partition coefficient (Wildman–Crippen LogP) is 11.5. The van der Waals surface area contributed by atoms with Gasteiger partial charge in [-0.05, 0) is 86.6 Å². The lowest BCUT2D eigenvalue weighted by atomic mass is 9.99. The number of pyridine rings is 1. The molecule has 3 aromatic heterocycles. The molecule has 5 aromatic carbocycles. The van der Waals surface area contributed by atoms with Crippen LogP contribution in [0.5, 0.6) is 0 Å². The molecule has 0 aliphatic rings. The smallest absolute Gasteiger partial charge is 0.307 e. The van der Waals surface area contributed by atoms with Crippen molar-refractivity contribution < 1.29 is 26.3 Å². The van der Waals surface area contributed by atoms with Crippen molar-refractivity contribution in [2.45, 2.75) is 26.2 Å². The van der Waals surface area contributed by atoms with E-state index in [9.17, 15) is 31.6 Å². The van der Waals surface area contributed by atoms with Crippen molar-refractivity contribution in [1.29, 1.82) is 5.26 Å². The van der Waals surface area contributed by atoms with Crippen LogP contribution in [0.3, 0.4) is 0 Å². The lowest BCUT2D eigenvalue weighted by Gasteiger charge is -2.17. The van der Waals surface area contributed by atoms with Crippen molar-refractivity contribution >= 4 is 43.6 Å². The molecule has 0 saturated heterocycles. The van der Waals surface area contributed by atoms with Crippen LogP contribution in [0.15, 0.2) is 109 Å². The van der Waals surface area contributed by atoms with Crippen molar-refractivity contribution in [3.8, 4) is 28.7 Å². The molecule has 0 atom stereocenters. The number of fused-ring (bicyclic) bond motifs is 6. The zero-order valence-electron chi connectivity index (χ0n) is 26.4. The number of hydrogen-bond donors (Lipinski definition) is 0. The lowest BCUT2D eigenvalue weighted by molar-refractivity contribution is -0.138. The van der Waals surface area contributed by atoms with E-state index in [4.69, 9.17) is 4.98 Å². The molecule has 0 amide bonds. The van der Waals surface area contributed by atoms with Crippen LogP contribution in [-0.2, 0) is 12.4 Å². The molecule has 0 bridgehead atoms.